The second kappa shape index (κ2) is 4.33. The van der Waals surface area contributed by atoms with Gasteiger partial charge in [0, 0.05) is 13.0 Å². The summed E-state index contributed by atoms with van der Waals surface area (Å²) in [7, 11) is 0. The zero-order chi connectivity index (χ0) is 11.7. The van der Waals surface area contributed by atoms with Gasteiger partial charge >= 0.3 is 0 Å². The molecule has 0 bridgehead atoms. The van der Waals surface area contributed by atoms with Crippen LogP contribution in [0.2, 0.25) is 0 Å². The zero-order valence-electron chi connectivity index (χ0n) is 9.56. The fourth-order valence-corrected chi connectivity index (χ4v) is 2.48. The van der Waals surface area contributed by atoms with Crippen LogP contribution in [0.1, 0.15) is 16.1 Å². The molecule has 0 saturated carbocycles. The van der Waals surface area contributed by atoms with Crippen LogP contribution in [-0.2, 0) is 13.0 Å². The topological polar surface area (TPSA) is 47.0 Å². The number of nitrogens with zero attached hydrogens (tertiary/aromatic N) is 2. The summed E-state index contributed by atoms with van der Waals surface area (Å²) in [5.74, 6) is 1.03. The van der Waals surface area contributed by atoms with Gasteiger partial charge in [0.2, 0.25) is 5.13 Å². The third-order valence-electron chi connectivity index (χ3n) is 2.72. The summed E-state index contributed by atoms with van der Waals surface area (Å²) in [6, 6.07) is 6.33. The second-order valence-electron chi connectivity index (χ2n) is 4.02. The molecule has 1 N–H and O–H groups in total. The molecular formula is C12H13N3OS. The Balaban J connectivity index is 1.69. The van der Waals surface area contributed by atoms with Crippen LogP contribution >= 0.6 is 11.3 Å². The van der Waals surface area contributed by atoms with Gasteiger partial charge in [-0.2, -0.15) is 0 Å². The molecule has 4 nitrogen and oxygen atoms in total. The third-order valence-corrected chi connectivity index (χ3v) is 3.52. The van der Waals surface area contributed by atoms with Crippen LogP contribution in [0.3, 0.4) is 0 Å². The minimum atomic E-state index is 0.780. The first-order valence-corrected chi connectivity index (χ1v) is 6.41. The zero-order valence-corrected chi connectivity index (χ0v) is 10.4. The predicted molar refractivity (Wildman–Crippen MR) is 67.6 cm³/mol. The summed E-state index contributed by atoms with van der Waals surface area (Å²) < 4.78 is 5.48. The lowest BCUT2D eigenvalue weighted by Crippen LogP contribution is -1.99. The SMILES string of the molecule is Cc1nnc(NCc2ccc3c(c2)CCO3)s1. The molecular weight excluding hydrogens is 234 g/mol. The van der Waals surface area contributed by atoms with Crippen molar-refractivity contribution in [3.05, 3.63) is 34.3 Å². The number of anilines is 1. The van der Waals surface area contributed by atoms with Gasteiger partial charge in [0.05, 0.1) is 6.61 Å². The molecule has 0 atom stereocenters. The number of ether oxygens (including phenoxy) is 1. The number of aryl methyl sites for hydroxylation is 1. The van der Waals surface area contributed by atoms with Gasteiger partial charge in [0.1, 0.15) is 10.8 Å². The number of hydrogen-bond donors (Lipinski definition) is 1. The number of rotatable bonds is 3. The summed E-state index contributed by atoms with van der Waals surface area (Å²) >= 11 is 1.57. The molecule has 1 aromatic carbocycles. The summed E-state index contributed by atoms with van der Waals surface area (Å²) in [6.45, 7) is 3.54. The van der Waals surface area contributed by atoms with E-state index in [4.69, 9.17) is 4.74 Å². The molecule has 0 amide bonds. The van der Waals surface area contributed by atoms with E-state index in [9.17, 15) is 0 Å². The maximum absolute atomic E-state index is 5.48. The van der Waals surface area contributed by atoms with Crippen molar-refractivity contribution in [2.24, 2.45) is 0 Å². The molecule has 88 valence electrons. The Labute approximate surface area is 104 Å². The maximum atomic E-state index is 5.48. The van der Waals surface area contributed by atoms with Crippen molar-refractivity contribution >= 4 is 16.5 Å². The van der Waals surface area contributed by atoms with E-state index in [1.807, 2.05) is 13.0 Å². The number of hydrogen-bond acceptors (Lipinski definition) is 5. The number of aromatic nitrogens is 2. The number of nitrogens with one attached hydrogen (secondary N) is 1. The van der Waals surface area contributed by atoms with Crippen LogP contribution in [0, 0.1) is 6.92 Å². The van der Waals surface area contributed by atoms with Gasteiger partial charge in [0.15, 0.2) is 0 Å². The summed E-state index contributed by atoms with van der Waals surface area (Å²) in [4.78, 5) is 0. The maximum Gasteiger partial charge on any atom is 0.205 e. The van der Waals surface area contributed by atoms with Crippen LogP contribution in [0.25, 0.3) is 0 Å². The van der Waals surface area contributed by atoms with Gasteiger partial charge in [-0.25, -0.2) is 0 Å². The molecule has 0 radical (unpaired) electrons. The predicted octanol–water partition coefficient (Wildman–Crippen LogP) is 2.39. The largest absolute Gasteiger partial charge is 0.493 e. The number of fused-ring (bicyclic) bond motifs is 1. The van der Waals surface area contributed by atoms with E-state index < -0.39 is 0 Å². The Morgan fingerprint density at radius 1 is 1.41 bits per heavy atom. The van der Waals surface area contributed by atoms with Crippen molar-refractivity contribution in [2.45, 2.75) is 19.9 Å². The highest BCUT2D eigenvalue weighted by Gasteiger charge is 2.11. The molecule has 0 fully saturated rings. The van der Waals surface area contributed by atoms with Crippen molar-refractivity contribution in [1.82, 2.24) is 10.2 Å². The fraction of sp³-hybridized carbons (Fsp3) is 0.333. The van der Waals surface area contributed by atoms with E-state index in [0.29, 0.717) is 0 Å². The van der Waals surface area contributed by atoms with Crippen LogP contribution < -0.4 is 10.1 Å². The smallest absolute Gasteiger partial charge is 0.205 e. The van der Waals surface area contributed by atoms with E-state index in [1.54, 1.807) is 11.3 Å². The van der Waals surface area contributed by atoms with Crippen LogP contribution in [0.15, 0.2) is 18.2 Å². The van der Waals surface area contributed by atoms with E-state index in [2.05, 4.69) is 27.6 Å². The molecule has 5 heteroatoms. The first-order valence-electron chi connectivity index (χ1n) is 5.60. The standard InChI is InChI=1S/C12H13N3OS/c1-8-14-15-12(17-8)13-7-9-2-3-11-10(6-9)4-5-16-11/h2-3,6H,4-5,7H2,1H3,(H,13,15). The minimum absolute atomic E-state index is 0.780. The normalized spacial score (nSPS) is 13.2. The van der Waals surface area contributed by atoms with Crippen molar-refractivity contribution in [1.29, 1.82) is 0 Å². The Bertz CT molecular complexity index is 538. The average molecular weight is 247 g/mol. The highest BCUT2D eigenvalue weighted by atomic mass is 32.1. The van der Waals surface area contributed by atoms with Crippen molar-refractivity contribution in [3.8, 4) is 5.75 Å². The first-order chi connectivity index (χ1) is 8.31. The Morgan fingerprint density at radius 3 is 3.18 bits per heavy atom. The first kappa shape index (κ1) is 10.5. The van der Waals surface area contributed by atoms with Crippen molar-refractivity contribution < 1.29 is 4.74 Å². The monoisotopic (exact) mass is 247 g/mol. The molecule has 2 aromatic rings. The Morgan fingerprint density at radius 2 is 2.35 bits per heavy atom. The summed E-state index contributed by atoms with van der Waals surface area (Å²) in [5, 5.41) is 13.1. The lowest BCUT2D eigenvalue weighted by molar-refractivity contribution is 0.357. The van der Waals surface area contributed by atoms with Crippen LogP contribution in [-0.4, -0.2) is 16.8 Å². The highest BCUT2D eigenvalue weighted by Crippen LogP contribution is 2.26. The molecule has 0 saturated heterocycles. The van der Waals surface area contributed by atoms with Gasteiger partial charge in [-0.1, -0.05) is 23.5 Å². The lowest BCUT2D eigenvalue weighted by Gasteiger charge is -2.04. The van der Waals surface area contributed by atoms with E-state index >= 15 is 0 Å². The fourth-order valence-electron chi connectivity index (χ4n) is 1.90. The number of benzene rings is 1. The van der Waals surface area contributed by atoms with Gasteiger partial charge in [0.25, 0.3) is 0 Å². The Kier molecular flexibility index (Phi) is 2.68. The highest BCUT2D eigenvalue weighted by molar-refractivity contribution is 7.15. The van der Waals surface area contributed by atoms with E-state index in [-0.39, 0.29) is 0 Å². The minimum Gasteiger partial charge on any atom is -0.493 e. The third kappa shape index (κ3) is 2.24. The molecule has 1 aliphatic heterocycles. The van der Waals surface area contributed by atoms with Crippen LogP contribution in [0.4, 0.5) is 5.13 Å². The molecule has 17 heavy (non-hydrogen) atoms. The second-order valence-corrected chi connectivity index (χ2v) is 5.20. The van der Waals surface area contributed by atoms with Crippen molar-refractivity contribution in [2.75, 3.05) is 11.9 Å². The van der Waals surface area contributed by atoms with Crippen LogP contribution in [0.5, 0.6) is 5.75 Å². The lowest BCUT2D eigenvalue weighted by atomic mass is 10.1. The molecule has 1 aromatic heterocycles. The molecule has 2 heterocycles. The van der Waals surface area contributed by atoms with Gasteiger partial charge in [-0.3, -0.25) is 0 Å². The molecule has 3 rings (SSSR count). The molecule has 0 spiro atoms. The molecule has 0 unspecified atom stereocenters. The average Bonchev–Trinajstić information content (AvgIpc) is 2.94. The summed E-state index contributed by atoms with van der Waals surface area (Å²) in [5.41, 5.74) is 2.56. The van der Waals surface area contributed by atoms with E-state index in [1.165, 1.54) is 11.1 Å². The van der Waals surface area contributed by atoms with Crippen molar-refractivity contribution in [3.63, 3.8) is 0 Å². The quantitative estimate of drug-likeness (QED) is 0.904. The van der Waals surface area contributed by atoms with E-state index in [0.717, 1.165) is 35.5 Å². The molecule has 0 aliphatic carbocycles. The van der Waals surface area contributed by atoms with Gasteiger partial charge in [-0.15, -0.1) is 10.2 Å². The summed E-state index contributed by atoms with van der Waals surface area (Å²) in [6.07, 6.45) is 1.01. The Hall–Kier alpha value is -1.62. The van der Waals surface area contributed by atoms with Gasteiger partial charge < -0.3 is 10.1 Å². The van der Waals surface area contributed by atoms with Gasteiger partial charge in [-0.05, 0) is 24.1 Å². The molecule has 1 aliphatic rings.